The number of hydrogen-bond donors (Lipinski definition) is 1. The van der Waals surface area contributed by atoms with Crippen LogP contribution in [0.15, 0.2) is 17.5 Å². The van der Waals surface area contributed by atoms with Crippen LogP contribution in [0.2, 0.25) is 0 Å². The van der Waals surface area contributed by atoms with Gasteiger partial charge in [-0.25, -0.2) is 4.79 Å². The van der Waals surface area contributed by atoms with E-state index in [0.29, 0.717) is 23.9 Å². The number of aliphatic carboxylic acids is 1. The van der Waals surface area contributed by atoms with Gasteiger partial charge in [0, 0.05) is 56.2 Å². The van der Waals surface area contributed by atoms with E-state index in [-0.39, 0.29) is 0 Å². The summed E-state index contributed by atoms with van der Waals surface area (Å²) in [6.07, 6.45) is 0.0512. The second kappa shape index (κ2) is 10.1. The van der Waals surface area contributed by atoms with Crippen molar-refractivity contribution >= 4 is 23.2 Å². The van der Waals surface area contributed by atoms with Crippen molar-refractivity contribution in [1.82, 2.24) is 9.80 Å². The van der Waals surface area contributed by atoms with Gasteiger partial charge in [0.1, 0.15) is 0 Å². The number of carboxylic acid groups (broad SMARTS) is 1. The molecule has 168 valence electrons. The van der Waals surface area contributed by atoms with E-state index in [4.69, 9.17) is 14.6 Å². The first-order valence-electron chi connectivity index (χ1n) is 10.2. The Labute approximate surface area is 177 Å². The number of likely N-dealkylation sites (tertiary alicyclic amines) is 2. The summed E-state index contributed by atoms with van der Waals surface area (Å²) in [5.41, 5.74) is 0. The number of halogens is 3. The van der Waals surface area contributed by atoms with Gasteiger partial charge < -0.3 is 14.7 Å². The molecule has 0 bridgehead atoms. The first kappa shape index (κ1) is 23.0. The molecule has 30 heavy (non-hydrogen) atoms. The highest BCUT2D eigenvalue weighted by Gasteiger charge is 2.43. The summed E-state index contributed by atoms with van der Waals surface area (Å²) in [7, 11) is 0. The molecule has 0 radical (unpaired) electrons. The summed E-state index contributed by atoms with van der Waals surface area (Å²) in [5, 5.41) is 9.28. The third kappa shape index (κ3) is 5.95. The van der Waals surface area contributed by atoms with Crippen LogP contribution >= 0.6 is 11.3 Å². The number of fused-ring (bicyclic) bond motifs is 1. The van der Waals surface area contributed by atoms with Crippen LogP contribution in [0.25, 0.3) is 0 Å². The number of carbonyl (C=O) groups is 2. The Morgan fingerprint density at radius 3 is 2.50 bits per heavy atom. The Balaban J connectivity index is 0.000000318. The average Bonchev–Trinajstić information content (AvgIpc) is 3.35. The third-order valence-corrected chi connectivity index (χ3v) is 6.84. The molecule has 0 spiro atoms. The summed E-state index contributed by atoms with van der Waals surface area (Å²) in [6.45, 7) is 4.87. The molecule has 3 saturated heterocycles. The second-order valence-corrected chi connectivity index (χ2v) is 8.95. The molecule has 6 nitrogen and oxygen atoms in total. The van der Waals surface area contributed by atoms with Crippen LogP contribution in [0.1, 0.15) is 37.0 Å². The lowest BCUT2D eigenvalue weighted by Gasteiger charge is -2.42. The molecule has 0 aliphatic carbocycles. The van der Waals surface area contributed by atoms with E-state index in [2.05, 4.69) is 27.3 Å². The molecule has 3 aliphatic heterocycles. The van der Waals surface area contributed by atoms with Crippen LogP contribution in [0, 0.1) is 5.92 Å². The molecule has 3 fully saturated rings. The number of thiophene rings is 1. The fraction of sp³-hybridized carbons (Fsp3) is 0.700. The molecule has 1 amide bonds. The number of carbonyl (C=O) groups excluding carboxylic acids is 1. The molecule has 1 aromatic rings. The first-order valence-corrected chi connectivity index (χ1v) is 11.1. The monoisotopic (exact) mass is 448 g/mol. The number of nitrogens with zero attached hydrogens (tertiary/aromatic N) is 2. The van der Waals surface area contributed by atoms with Crippen molar-refractivity contribution in [3.8, 4) is 0 Å². The number of rotatable bonds is 4. The predicted molar refractivity (Wildman–Crippen MR) is 105 cm³/mol. The zero-order chi connectivity index (χ0) is 21.7. The van der Waals surface area contributed by atoms with E-state index in [1.54, 1.807) is 0 Å². The molecule has 1 N–H and O–H groups in total. The first-order chi connectivity index (χ1) is 14.3. The summed E-state index contributed by atoms with van der Waals surface area (Å²) >= 11 is 1.84. The lowest BCUT2D eigenvalue weighted by molar-refractivity contribution is -0.192. The smallest absolute Gasteiger partial charge is 0.475 e. The fourth-order valence-corrected chi connectivity index (χ4v) is 5.21. The Morgan fingerprint density at radius 2 is 1.90 bits per heavy atom. The highest BCUT2D eigenvalue weighted by atomic mass is 32.1. The zero-order valence-corrected chi connectivity index (χ0v) is 17.5. The molecule has 1 aromatic heterocycles. The summed E-state index contributed by atoms with van der Waals surface area (Å²) < 4.78 is 37.2. The molecule has 3 aliphatic rings. The van der Waals surface area contributed by atoms with Crippen LogP contribution < -0.4 is 0 Å². The maximum Gasteiger partial charge on any atom is 0.490 e. The third-order valence-electron chi connectivity index (χ3n) is 5.98. The molecular weight excluding hydrogens is 421 g/mol. The van der Waals surface area contributed by atoms with Gasteiger partial charge in [0.05, 0.1) is 0 Å². The predicted octanol–water partition coefficient (Wildman–Crippen LogP) is 3.37. The molecule has 0 aromatic carbocycles. The lowest BCUT2D eigenvalue weighted by atomic mass is 9.92. The van der Waals surface area contributed by atoms with E-state index in [1.165, 1.54) is 4.88 Å². The number of amides is 1. The number of carboxylic acids is 1. The van der Waals surface area contributed by atoms with Gasteiger partial charge in [-0.15, -0.1) is 11.3 Å². The normalized spacial score (nSPS) is 25.6. The van der Waals surface area contributed by atoms with E-state index < -0.39 is 12.1 Å². The van der Waals surface area contributed by atoms with Crippen LogP contribution in [0.4, 0.5) is 13.2 Å². The summed E-state index contributed by atoms with van der Waals surface area (Å²) in [6, 6.07) is 5.37. The molecule has 10 heteroatoms. The lowest BCUT2D eigenvalue weighted by Crippen LogP contribution is -2.53. The quantitative estimate of drug-likeness (QED) is 0.765. The van der Waals surface area contributed by atoms with Crippen LogP contribution in [-0.4, -0.2) is 71.3 Å². The standard InChI is InChI=1S/C18H26N2O2S.C2HF3O2/c21-18-4-3-16-17(20(18)12-14-6-9-22-10-7-14)5-8-19(16)13-15-2-1-11-23-15;3-2(4,5)1(6)7/h1-2,11,14,16-17H,3-10,12-13H2;(H,6,7)/t16-,17-;/m0./s1. The van der Waals surface area contributed by atoms with Gasteiger partial charge in [-0.05, 0) is 43.0 Å². The van der Waals surface area contributed by atoms with Gasteiger partial charge in [0.15, 0.2) is 0 Å². The highest BCUT2D eigenvalue weighted by Crippen LogP contribution is 2.34. The summed E-state index contributed by atoms with van der Waals surface area (Å²) in [5.74, 6) is -1.74. The van der Waals surface area contributed by atoms with E-state index in [1.807, 2.05) is 11.3 Å². The molecule has 4 rings (SSSR count). The summed E-state index contributed by atoms with van der Waals surface area (Å²) in [4.78, 5) is 27.7. The minimum Gasteiger partial charge on any atom is -0.475 e. The minimum absolute atomic E-state index is 0.385. The zero-order valence-electron chi connectivity index (χ0n) is 16.6. The van der Waals surface area contributed by atoms with Gasteiger partial charge >= 0.3 is 12.1 Å². The van der Waals surface area contributed by atoms with Gasteiger partial charge in [0.25, 0.3) is 0 Å². The number of piperidine rings is 1. The number of alkyl halides is 3. The SMILES string of the molecule is O=C(O)C(F)(F)F.O=C1CC[C@H]2[C@H](CCN2Cc2cccs2)N1CC1CCOCC1. The Bertz CT molecular complexity index is 707. The topological polar surface area (TPSA) is 70.1 Å². The van der Waals surface area contributed by atoms with Crippen molar-refractivity contribution in [2.24, 2.45) is 5.92 Å². The van der Waals surface area contributed by atoms with Crippen molar-refractivity contribution in [2.75, 3.05) is 26.3 Å². The van der Waals surface area contributed by atoms with Crippen LogP contribution in [-0.2, 0) is 20.9 Å². The molecule has 2 atom stereocenters. The maximum atomic E-state index is 12.5. The van der Waals surface area contributed by atoms with Crippen molar-refractivity contribution in [2.45, 2.75) is 56.9 Å². The fourth-order valence-electron chi connectivity index (χ4n) is 4.48. The van der Waals surface area contributed by atoms with Gasteiger partial charge in [-0.1, -0.05) is 6.07 Å². The largest absolute Gasteiger partial charge is 0.490 e. The van der Waals surface area contributed by atoms with Gasteiger partial charge in [-0.2, -0.15) is 13.2 Å². The Morgan fingerprint density at radius 1 is 1.20 bits per heavy atom. The Kier molecular flexibility index (Phi) is 7.75. The van der Waals surface area contributed by atoms with Crippen molar-refractivity contribution in [1.29, 1.82) is 0 Å². The highest BCUT2D eigenvalue weighted by molar-refractivity contribution is 7.09. The molecule has 4 heterocycles. The molecule has 0 unspecified atom stereocenters. The van der Waals surface area contributed by atoms with E-state index in [0.717, 1.165) is 65.0 Å². The van der Waals surface area contributed by atoms with Crippen molar-refractivity contribution in [3.63, 3.8) is 0 Å². The van der Waals surface area contributed by atoms with Crippen LogP contribution in [0.3, 0.4) is 0 Å². The maximum absolute atomic E-state index is 12.5. The van der Waals surface area contributed by atoms with Crippen LogP contribution in [0.5, 0.6) is 0 Å². The second-order valence-electron chi connectivity index (χ2n) is 7.92. The van der Waals surface area contributed by atoms with Crippen molar-refractivity contribution < 1.29 is 32.6 Å². The average molecular weight is 449 g/mol. The van der Waals surface area contributed by atoms with E-state index >= 15 is 0 Å². The van der Waals surface area contributed by atoms with E-state index in [9.17, 15) is 18.0 Å². The molecular formula is C20H27F3N2O4S. The minimum atomic E-state index is -5.08. The van der Waals surface area contributed by atoms with Gasteiger partial charge in [0.2, 0.25) is 5.91 Å². The number of hydrogen-bond acceptors (Lipinski definition) is 5. The Hall–Kier alpha value is -1.65. The van der Waals surface area contributed by atoms with Gasteiger partial charge in [-0.3, -0.25) is 9.69 Å². The molecule has 0 saturated carbocycles. The van der Waals surface area contributed by atoms with Crippen molar-refractivity contribution in [3.05, 3.63) is 22.4 Å². The number of ether oxygens (including phenoxy) is 1.